The first-order chi connectivity index (χ1) is 15.7. The molecule has 1 aliphatic rings. The predicted molar refractivity (Wildman–Crippen MR) is 129 cm³/mol. The first-order valence-electron chi connectivity index (χ1n) is 10.6. The van der Waals surface area contributed by atoms with E-state index in [-0.39, 0.29) is 11.9 Å². The third kappa shape index (κ3) is 5.09. The highest BCUT2D eigenvalue weighted by Crippen LogP contribution is 2.46. The number of nitrogens with zero attached hydrogens (tertiary/aromatic N) is 1. The van der Waals surface area contributed by atoms with Gasteiger partial charge in [-0.2, -0.15) is 0 Å². The van der Waals surface area contributed by atoms with Gasteiger partial charge in [-0.05, 0) is 53.6 Å². The van der Waals surface area contributed by atoms with Gasteiger partial charge < -0.3 is 19.3 Å². The number of methoxy groups -OCH3 is 2. The van der Waals surface area contributed by atoms with Crippen LogP contribution in [0, 0.1) is 0 Å². The molecule has 1 N–H and O–H groups in total. The Hall–Kier alpha value is -2.96. The summed E-state index contributed by atoms with van der Waals surface area (Å²) in [4.78, 5) is 6.21. The minimum atomic E-state index is 0.0982. The smallest absolute Gasteiger partial charge is 0.161 e. The molecule has 0 saturated heterocycles. The molecule has 0 bridgehead atoms. The molecule has 0 aliphatic carbocycles. The fraction of sp³-hybridized carbons (Fsp3) is 0.269. The summed E-state index contributed by atoms with van der Waals surface area (Å²) in [5.41, 5.74) is 4.22. The quantitative estimate of drug-likeness (QED) is 0.439. The average molecular weight is 450 g/mol. The van der Waals surface area contributed by atoms with E-state index in [0.29, 0.717) is 24.5 Å². The van der Waals surface area contributed by atoms with Gasteiger partial charge in [0.25, 0.3) is 0 Å². The summed E-state index contributed by atoms with van der Waals surface area (Å²) in [6.07, 6.45) is 1.36. The van der Waals surface area contributed by atoms with Gasteiger partial charge in [-0.3, -0.25) is 4.99 Å². The van der Waals surface area contributed by atoms with Gasteiger partial charge in [0.2, 0.25) is 0 Å². The molecule has 0 radical (unpaired) electrons. The number of thioether (sulfide) groups is 1. The number of aliphatic hydroxyl groups excluding tert-OH is 1. The van der Waals surface area contributed by atoms with Crippen molar-refractivity contribution in [1.29, 1.82) is 0 Å². The number of hydrogen-bond acceptors (Lipinski definition) is 6. The van der Waals surface area contributed by atoms with Crippen LogP contribution >= 0.6 is 11.8 Å². The summed E-state index contributed by atoms with van der Waals surface area (Å²) in [6, 6.07) is 22.4. The Balaban J connectivity index is 1.69. The lowest BCUT2D eigenvalue weighted by Crippen LogP contribution is -2.07. The molecule has 166 valence electrons. The molecule has 1 heterocycles. The van der Waals surface area contributed by atoms with E-state index in [2.05, 4.69) is 30.3 Å². The van der Waals surface area contributed by atoms with Gasteiger partial charge in [0, 0.05) is 35.3 Å². The zero-order chi connectivity index (χ0) is 22.3. The molecule has 1 aliphatic heterocycles. The number of ether oxygens (including phenoxy) is 3. The van der Waals surface area contributed by atoms with E-state index in [0.717, 1.165) is 29.1 Å². The highest BCUT2D eigenvalue weighted by molar-refractivity contribution is 7.99. The summed E-state index contributed by atoms with van der Waals surface area (Å²) < 4.78 is 16.7. The van der Waals surface area contributed by atoms with Crippen LogP contribution in [0.5, 0.6) is 17.2 Å². The zero-order valence-electron chi connectivity index (χ0n) is 18.3. The van der Waals surface area contributed by atoms with Gasteiger partial charge in [0.15, 0.2) is 11.5 Å². The van der Waals surface area contributed by atoms with Crippen LogP contribution in [0.15, 0.2) is 76.6 Å². The average Bonchev–Trinajstić information content (AvgIpc) is 3.04. The molecule has 1 atom stereocenters. The second-order valence-electron chi connectivity index (χ2n) is 7.40. The Morgan fingerprint density at radius 3 is 2.53 bits per heavy atom. The maximum absolute atomic E-state index is 9.00. The van der Waals surface area contributed by atoms with Crippen molar-refractivity contribution in [3.63, 3.8) is 0 Å². The van der Waals surface area contributed by atoms with Crippen molar-refractivity contribution in [2.75, 3.05) is 27.4 Å². The van der Waals surface area contributed by atoms with Crippen molar-refractivity contribution in [2.45, 2.75) is 23.0 Å². The van der Waals surface area contributed by atoms with E-state index in [1.165, 1.54) is 10.5 Å². The Morgan fingerprint density at radius 1 is 0.969 bits per heavy atom. The summed E-state index contributed by atoms with van der Waals surface area (Å²) >= 11 is 1.83. The highest BCUT2D eigenvalue weighted by Gasteiger charge is 2.23. The van der Waals surface area contributed by atoms with E-state index in [1.807, 2.05) is 48.2 Å². The molecule has 0 spiro atoms. The van der Waals surface area contributed by atoms with Crippen molar-refractivity contribution in [1.82, 2.24) is 0 Å². The van der Waals surface area contributed by atoms with Gasteiger partial charge in [0.1, 0.15) is 5.75 Å². The highest BCUT2D eigenvalue weighted by atomic mass is 32.2. The third-order valence-electron chi connectivity index (χ3n) is 5.31. The molecule has 32 heavy (non-hydrogen) atoms. The molecule has 3 aromatic rings. The first-order valence-corrected chi connectivity index (χ1v) is 11.5. The van der Waals surface area contributed by atoms with Crippen LogP contribution in [0.1, 0.15) is 29.2 Å². The number of para-hydroxylation sites is 1. The van der Waals surface area contributed by atoms with Crippen LogP contribution in [0.4, 0.5) is 5.69 Å². The van der Waals surface area contributed by atoms with Crippen LogP contribution in [0.2, 0.25) is 0 Å². The SMILES string of the molecule is COc1ccc(C2CC(c3ccc(OCCCO)c(OC)c3)=Nc3ccccc3S2)cc1. The molecular formula is C26H27NO4S. The number of rotatable bonds is 8. The molecule has 0 saturated carbocycles. The van der Waals surface area contributed by atoms with Crippen LogP contribution < -0.4 is 14.2 Å². The van der Waals surface area contributed by atoms with Gasteiger partial charge in [-0.1, -0.05) is 24.3 Å². The lowest BCUT2D eigenvalue weighted by atomic mass is 10.0. The molecule has 0 aromatic heterocycles. The molecule has 0 fully saturated rings. The maximum Gasteiger partial charge on any atom is 0.161 e. The normalized spacial score (nSPS) is 15.3. The summed E-state index contributed by atoms with van der Waals surface area (Å²) in [5.74, 6) is 2.18. The number of hydrogen-bond donors (Lipinski definition) is 1. The van der Waals surface area contributed by atoms with Crippen molar-refractivity contribution in [2.24, 2.45) is 4.99 Å². The monoisotopic (exact) mass is 449 g/mol. The van der Waals surface area contributed by atoms with Crippen molar-refractivity contribution in [3.8, 4) is 17.2 Å². The molecule has 6 heteroatoms. The molecule has 1 unspecified atom stereocenters. The first kappa shape index (κ1) is 22.2. The largest absolute Gasteiger partial charge is 0.497 e. The van der Waals surface area contributed by atoms with E-state index >= 15 is 0 Å². The van der Waals surface area contributed by atoms with Crippen molar-refractivity contribution in [3.05, 3.63) is 77.9 Å². The minimum absolute atomic E-state index is 0.0982. The number of aliphatic imine (C=N–C) groups is 1. The van der Waals surface area contributed by atoms with Crippen molar-refractivity contribution < 1.29 is 19.3 Å². The standard InChI is InChI=1S/C26H27NO4S/c1-29-20-11-8-18(9-12-20)26-17-22(27-21-6-3-4-7-25(21)32-26)19-10-13-23(24(16-19)30-2)31-15-5-14-28/h3-4,6-13,16,26,28H,5,14-15,17H2,1-2H3. The van der Waals surface area contributed by atoms with Crippen LogP contribution in [0.25, 0.3) is 0 Å². The Labute approximate surface area is 193 Å². The molecule has 3 aromatic carbocycles. The van der Waals surface area contributed by atoms with E-state index in [4.69, 9.17) is 24.3 Å². The molecule has 4 rings (SSSR count). The Kier molecular flexibility index (Phi) is 7.35. The second-order valence-corrected chi connectivity index (χ2v) is 8.65. The molecular weight excluding hydrogens is 422 g/mol. The van der Waals surface area contributed by atoms with E-state index < -0.39 is 0 Å². The molecule has 5 nitrogen and oxygen atoms in total. The number of aliphatic hydroxyl groups is 1. The predicted octanol–water partition coefficient (Wildman–Crippen LogP) is 5.82. The lowest BCUT2D eigenvalue weighted by Gasteiger charge is -2.17. The van der Waals surface area contributed by atoms with Gasteiger partial charge in [-0.25, -0.2) is 0 Å². The maximum atomic E-state index is 9.00. The minimum Gasteiger partial charge on any atom is -0.497 e. The topological polar surface area (TPSA) is 60.3 Å². The van der Waals surface area contributed by atoms with Gasteiger partial charge in [0.05, 0.1) is 26.5 Å². The fourth-order valence-corrected chi connectivity index (χ4v) is 4.84. The summed E-state index contributed by atoms with van der Waals surface area (Å²) in [7, 11) is 3.32. The lowest BCUT2D eigenvalue weighted by molar-refractivity contribution is 0.228. The van der Waals surface area contributed by atoms with Crippen molar-refractivity contribution >= 4 is 23.2 Å². The third-order valence-corrected chi connectivity index (χ3v) is 6.64. The van der Waals surface area contributed by atoms with Gasteiger partial charge >= 0.3 is 0 Å². The van der Waals surface area contributed by atoms with Crippen LogP contribution in [0.3, 0.4) is 0 Å². The van der Waals surface area contributed by atoms with E-state index in [9.17, 15) is 0 Å². The Morgan fingerprint density at radius 2 is 1.78 bits per heavy atom. The summed E-state index contributed by atoms with van der Waals surface area (Å²) in [5, 5.41) is 9.22. The Bertz CT molecular complexity index is 1080. The van der Waals surface area contributed by atoms with Crippen LogP contribution in [-0.2, 0) is 0 Å². The van der Waals surface area contributed by atoms with E-state index in [1.54, 1.807) is 14.2 Å². The fourth-order valence-electron chi connectivity index (χ4n) is 3.61. The van der Waals surface area contributed by atoms with Crippen LogP contribution in [-0.4, -0.2) is 38.3 Å². The molecule has 0 amide bonds. The van der Waals surface area contributed by atoms with Gasteiger partial charge in [-0.15, -0.1) is 11.8 Å². The number of benzene rings is 3. The zero-order valence-corrected chi connectivity index (χ0v) is 19.1. The number of fused-ring (bicyclic) bond motifs is 1. The second kappa shape index (κ2) is 10.6. The summed E-state index contributed by atoms with van der Waals surface area (Å²) in [6.45, 7) is 0.539.